The number of halogens is 1. The molecule has 0 saturated carbocycles. The fraction of sp³-hybridized carbons (Fsp3) is 0.0909. The summed E-state index contributed by atoms with van der Waals surface area (Å²) in [5.41, 5.74) is 0.591. The van der Waals surface area contributed by atoms with Crippen LogP contribution in [0.15, 0.2) is 27.6 Å². The van der Waals surface area contributed by atoms with Gasteiger partial charge in [0, 0.05) is 17.1 Å². The monoisotopic (exact) mass is 329 g/mol. The van der Waals surface area contributed by atoms with Crippen LogP contribution in [0.25, 0.3) is 6.08 Å². The van der Waals surface area contributed by atoms with Gasteiger partial charge in [-0.3, -0.25) is 9.69 Å². The van der Waals surface area contributed by atoms with Crippen molar-refractivity contribution >= 4 is 56.2 Å². The fourth-order valence-corrected chi connectivity index (χ4v) is 2.88. The molecule has 0 atom stereocenters. The number of thioether (sulfide) groups is 1. The lowest BCUT2D eigenvalue weighted by molar-refractivity contribution is -0.121. The minimum Gasteiger partial charge on any atom is -0.507 e. The van der Waals surface area contributed by atoms with Crippen LogP contribution in [-0.2, 0) is 4.79 Å². The van der Waals surface area contributed by atoms with Crippen molar-refractivity contribution in [1.29, 1.82) is 0 Å². The number of carbonyl (C=O) groups excluding carboxylic acids is 1. The zero-order valence-corrected chi connectivity index (χ0v) is 12.0. The Hall–Kier alpha value is -0.850. The van der Waals surface area contributed by atoms with Crippen molar-refractivity contribution in [3.8, 4) is 5.75 Å². The van der Waals surface area contributed by atoms with Gasteiger partial charge >= 0.3 is 0 Å². The van der Waals surface area contributed by atoms with Crippen molar-refractivity contribution < 1.29 is 9.90 Å². The largest absolute Gasteiger partial charge is 0.507 e. The summed E-state index contributed by atoms with van der Waals surface area (Å²) in [6.45, 7) is 0. The number of amides is 1. The lowest BCUT2D eigenvalue weighted by Gasteiger charge is -2.04. The molecule has 1 saturated heterocycles. The molecule has 3 nitrogen and oxygen atoms in total. The van der Waals surface area contributed by atoms with E-state index in [0.29, 0.717) is 14.8 Å². The summed E-state index contributed by atoms with van der Waals surface area (Å²) in [5, 5.41) is 9.68. The highest BCUT2D eigenvalue weighted by molar-refractivity contribution is 9.10. The molecule has 88 valence electrons. The molecule has 0 unspecified atom stereocenters. The van der Waals surface area contributed by atoms with Crippen LogP contribution in [0.1, 0.15) is 5.56 Å². The maximum atomic E-state index is 11.8. The summed E-state index contributed by atoms with van der Waals surface area (Å²) >= 11 is 9.58. The first kappa shape index (κ1) is 12.6. The van der Waals surface area contributed by atoms with Gasteiger partial charge in [-0.2, -0.15) is 0 Å². The first-order valence-electron chi connectivity index (χ1n) is 4.69. The van der Waals surface area contributed by atoms with E-state index in [0.717, 1.165) is 4.47 Å². The molecule has 1 aliphatic heterocycles. The van der Waals surface area contributed by atoms with Crippen LogP contribution in [0.3, 0.4) is 0 Å². The zero-order valence-electron chi connectivity index (χ0n) is 8.81. The van der Waals surface area contributed by atoms with E-state index in [-0.39, 0.29) is 11.7 Å². The first-order valence-corrected chi connectivity index (χ1v) is 6.71. The van der Waals surface area contributed by atoms with Crippen LogP contribution in [0.5, 0.6) is 5.75 Å². The number of thiocarbonyl (C=S) groups is 1. The number of rotatable bonds is 1. The fourth-order valence-electron chi connectivity index (χ4n) is 1.33. The summed E-state index contributed by atoms with van der Waals surface area (Å²) < 4.78 is 1.37. The molecule has 1 heterocycles. The molecule has 0 aliphatic carbocycles. The Balaban J connectivity index is 2.40. The van der Waals surface area contributed by atoms with Crippen molar-refractivity contribution in [3.63, 3.8) is 0 Å². The Bertz CT molecular complexity index is 542. The minimum absolute atomic E-state index is 0.134. The van der Waals surface area contributed by atoms with Gasteiger partial charge in [-0.15, -0.1) is 0 Å². The summed E-state index contributed by atoms with van der Waals surface area (Å²) in [5.74, 6) is -0.00560. The molecule has 1 aromatic rings. The van der Waals surface area contributed by atoms with Gasteiger partial charge in [0.2, 0.25) is 0 Å². The molecule has 0 aromatic heterocycles. The number of phenols is 1. The Morgan fingerprint density at radius 2 is 2.24 bits per heavy atom. The highest BCUT2D eigenvalue weighted by Gasteiger charge is 2.28. The van der Waals surface area contributed by atoms with Gasteiger partial charge in [0.1, 0.15) is 10.1 Å². The van der Waals surface area contributed by atoms with Gasteiger partial charge in [-0.25, -0.2) is 0 Å². The number of benzene rings is 1. The predicted octanol–water partition coefficient (Wildman–Crippen LogP) is 2.99. The standard InChI is InChI=1S/C11H8BrNO2S2/c1-13-10(15)9(17-11(13)16)5-6-4-7(12)2-3-8(6)14/h2-5,14H,1H3/b9-5-. The smallest absolute Gasteiger partial charge is 0.265 e. The number of aromatic hydroxyl groups is 1. The molecule has 2 rings (SSSR count). The molecule has 6 heteroatoms. The molecule has 0 spiro atoms. The van der Waals surface area contributed by atoms with E-state index >= 15 is 0 Å². The number of hydrogen-bond donors (Lipinski definition) is 1. The SMILES string of the molecule is CN1C(=O)/C(=C/c2cc(Br)ccc2O)SC1=S. The van der Waals surface area contributed by atoms with Gasteiger partial charge in [0.15, 0.2) is 0 Å². The van der Waals surface area contributed by atoms with Gasteiger partial charge < -0.3 is 5.11 Å². The van der Waals surface area contributed by atoms with Crippen molar-refractivity contribution in [1.82, 2.24) is 4.90 Å². The van der Waals surface area contributed by atoms with Crippen LogP contribution in [-0.4, -0.2) is 27.3 Å². The van der Waals surface area contributed by atoms with Gasteiger partial charge in [0.25, 0.3) is 5.91 Å². The quantitative estimate of drug-likeness (QED) is 0.635. The lowest BCUT2D eigenvalue weighted by atomic mass is 10.2. The van der Waals surface area contributed by atoms with Crippen LogP contribution >= 0.6 is 39.9 Å². The number of likely N-dealkylation sites (N-methyl/N-ethyl adjacent to an activating group) is 1. The summed E-state index contributed by atoms with van der Waals surface area (Å²) in [6.07, 6.45) is 1.64. The third-order valence-electron chi connectivity index (χ3n) is 2.26. The van der Waals surface area contributed by atoms with Crippen molar-refractivity contribution in [2.45, 2.75) is 0 Å². The van der Waals surface area contributed by atoms with E-state index in [1.54, 1.807) is 31.3 Å². The zero-order chi connectivity index (χ0) is 12.6. The Kier molecular flexibility index (Phi) is 3.56. The minimum atomic E-state index is -0.139. The second-order valence-electron chi connectivity index (χ2n) is 3.44. The lowest BCUT2D eigenvalue weighted by Crippen LogP contribution is -2.22. The van der Waals surface area contributed by atoms with E-state index in [9.17, 15) is 9.90 Å². The maximum absolute atomic E-state index is 11.8. The van der Waals surface area contributed by atoms with Crippen LogP contribution in [0.4, 0.5) is 0 Å². The average molecular weight is 330 g/mol. The van der Waals surface area contributed by atoms with E-state index in [4.69, 9.17) is 12.2 Å². The molecule has 17 heavy (non-hydrogen) atoms. The third kappa shape index (κ3) is 2.53. The van der Waals surface area contributed by atoms with Gasteiger partial charge in [0.05, 0.1) is 4.91 Å². The highest BCUT2D eigenvalue weighted by Crippen LogP contribution is 2.33. The Morgan fingerprint density at radius 3 is 2.82 bits per heavy atom. The molecule has 0 bridgehead atoms. The molecular weight excluding hydrogens is 322 g/mol. The normalized spacial score (nSPS) is 18.2. The first-order chi connectivity index (χ1) is 7.99. The molecule has 1 aliphatic rings. The second-order valence-corrected chi connectivity index (χ2v) is 6.04. The van der Waals surface area contributed by atoms with Crippen molar-refractivity contribution in [3.05, 3.63) is 33.1 Å². The number of phenolic OH excluding ortho intramolecular Hbond substituents is 1. The molecule has 1 aromatic carbocycles. The van der Waals surface area contributed by atoms with Crippen molar-refractivity contribution in [2.24, 2.45) is 0 Å². The van der Waals surface area contributed by atoms with E-state index in [1.807, 2.05) is 0 Å². The molecular formula is C11H8BrNO2S2. The van der Waals surface area contributed by atoms with Crippen molar-refractivity contribution in [2.75, 3.05) is 7.05 Å². The highest BCUT2D eigenvalue weighted by atomic mass is 79.9. The molecule has 1 amide bonds. The van der Waals surface area contributed by atoms with E-state index in [2.05, 4.69) is 15.9 Å². The average Bonchev–Trinajstić information content (AvgIpc) is 2.52. The predicted molar refractivity (Wildman–Crippen MR) is 76.7 cm³/mol. The molecule has 1 N–H and O–H groups in total. The van der Waals surface area contributed by atoms with Crippen LogP contribution in [0.2, 0.25) is 0 Å². The summed E-state index contributed by atoms with van der Waals surface area (Å²) in [7, 11) is 1.64. The van der Waals surface area contributed by atoms with Crippen LogP contribution in [0, 0.1) is 0 Å². The number of hydrogen-bond acceptors (Lipinski definition) is 4. The third-order valence-corrected chi connectivity index (χ3v) is 4.24. The van der Waals surface area contributed by atoms with Crippen LogP contribution < -0.4 is 0 Å². The topological polar surface area (TPSA) is 40.5 Å². The Labute approximate surface area is 117 Å². The van der Waals surface area contributed by atoms with E-state index in [1.165, 1.54) is 16.7 Å². The molecule has 1 fully saturated rings. The number of carbonyl (C=O) groups is 1. The Morgan fingerprint density at radius 1 is 1.53 bits per heavy atom. The summed E-state index contributed by atoms with van der Waals surface area (Å²) in [6, 6.07) is 5.05. The second kappa shape index (κ2) is 4.80. The van der Waals surface area contributed by atoms with Gasteiger partial charge in [-0.1, -0.05) is 39.9 Å². The van der Waals surface area contributed by atoms with Gasteiger partial charge in [-0.05, 0) is 24.3 Å². The summed E-state index contributed by atoms with van der Waals surface area (Å²) in [4.78, 5) is 13.7. The number of nitrogens with zero attached hydrogens (tertiary/aromatic N) is 1. The maximum Gasteiger partial charge on any atom is 0.265 e. The van der Waals surface area contributed by atoms with E-state index < -0.39 is 0 Å². The molecule has 0 radical (unpaired) electrons.